The van der Waals surface area contributed by atoms with E-state index in [1.54, 1.807) is 12.1 Å². The summed E-state index contributed by atoms with van der Waals surface area (Å²) in [6.07, 6.45) is 0. The Morgan fingerprint density at radius 2 is 1.63 bits per heavy atom. The van der Waals surface area contributed by atoms with E-state index in [-0.39, 0.29) is 28.1 Å². The highest BCUT2D eigenvalue weighted by molar-refractivity contribution is 6.51. The molecular formula is C25H18N2O8. The highest BCUT2D eigenvalue weighted by atomic mass is 16.6. The molecule has 0 bridgehead atoms. The average molecular weight is 474 g/mol. The van der Waals surface area contributed by atoms with Crippen LogP contribution in [0.2, 0.25) is 0 Å². The van der Waals surface area contributed by atoms with Gasteiger partial charge in [0.25, 0.3) is 17.4 Å². The minimum atomic E-state index is -1.23. The summed E-state index contributed by atoms with van der Waals surface area (Å²) in [5, 5.41) is 31.6. The van der Waals surface area contributed by atoms with Gasteiger partial charge in [0.05, 0.1) is 29.2 Å². The van der Waals surface area contributed by atoms with Crippen molar-refractivity contribution in [2.75, 3.05) is 12.0 Å². The van der Waals surface area contributed by atoms with Crippen molar-refractivity contribution in [1.82, 2.24) is 0 Å². The lowest BCUT2D eigenvalue weighted by molar-refractivity contribution is -0.384. The number of benzene rings is 3. The number of ether oxygens (including phenoxy) is 1. The standard InChI is InChI=1S/C25H18N2O8/c1-35-19-11-7-15(8-12-19)22(28)20-21(14-5-9-17(10-6-14)27(33)34)26(24(30)23(20)29)18-4-2-3-16(13-18)25(31)32/h2-13,21,28H,1H3,(H,31,32)/b22-20+. The van der Waals surface area contributed by atoms with Crippen LogP contribution in [-0.4, -0.2) is 39.9 Å². The summed E-state index contributed by atoms with van der Waals surface area (Å²) in [5.74, 6) is -3.13. The summed E-state index contributed by atoms with van der Waals surface area (Å²) in [4.78, 5) is 49.4. The highest BCUT2D eigenvalue weighted by Crippen LogP contribution is 2.42. The van der Waals surface area contributed by atoms with Gasteiger partial charge in [-0.25, -0.2) is 4.79 Å². The molecule has 10 heteroatoms. The van der Waals surface area contributed by atoms with Gasteiger partial charge in [0.15, 0.2) is 0 Å². The van der Waals surface area contributed by atoms with Crippen LogP contribution in [-0.2, 0) is 9.59 Å². The Balaban J connectivity index is 1.93. The molecule has 0 aliphatic carbocycles. The van der Waals surface area contributed by atoms with Crippen LogP contribution in [0.4, 0.5) is 11.4 Å². The van der Waals surface area contributed by atoms with Gasteiger partial charge in [0, 0.05) is 23.4 Å². The van der Waals surface area contributed by atoms with Crippen molar-refractivity contribution in [3.05, 3.63) is 105 Å². The molecule has 3 aromatic rings. The molecule has 0 aromatic heterocycles. The number of rotatable bonds is 6. The van der Waals surface area contributed by atoms with Gasteiger partial charge in [-0.2, -0.15) is 0 Å². The molecule has 1 unspecified atom stereocenters. The van der Waals surface area contributed by atoms with Gasteiger partial charge >= 0.3 is 5.97 Å². The van der Waals surface area contributed by atoms with Gasteiger partial charge in [0.2, 0.25) is 0 Å². The number of nitro benzene ring substituents is 1. The number of ketones is 1. The number of carboxylic acid groups (broad SMARTS) is 1. The van der Waals surface area contributed by atoms with E-state index in [2.05, 4.69) is 0 Å². The number of hydrogen-bond acceptors (Lipinski definition) is 7. The molecule has 0 radical (unpaired) electrons. The molecule has 2 N–H and O–H groups in total. The first-order valence-electron chi connectivity index (χ1n) is 10.3. The van der Waals surface area contributed by atoms with E-state index in [0.29, 0.717) is 11.3 Å². The highest BCUT2D eigenvalue weighted by Gasteiger charge is 2.47. The summed E-state index contributed by atoms with van der Waals surface area (Å²) < 4.78 is 5.11. The second kappa shape index (κ2) is 9.10. The van der Waals surface area contributed by atoms with Crippen LogP contribution in [0.1, 0.15) is 27.5 Å². The lowest BCUT2D eigenvalue weighted by atomic mass is 9.95. The zero-order valence-electron chi connectivity index (χ0n) is 18.2. The Bertz CT molecular complexity index is 1380. The van der Waals surface area contributed by atoms with Gasteiger partial charge in [-0.15, -0.1) is 0 Å². The maximum Gasteiger partial charge on any atom is 0.335 e. The third-order valence-electron chi connectivity index (χ3n) is 5.60. The largest absolute Gasteiger partial charge is 0.507 e. The molecule has 0 spiro atoms. The maximum atomic E-state index is 13.1. The zero-order valence-corrected chi connectivity index (χ0v) is 18.2. The van der Waals surface area contributed by atoms with Crippen LogP contribution >= 0.6 is 0 Å². The van der Waals surface area contributed by atoms with Crippen molar-refractivity contribution < 1.29 is 34.3 Å². The first-order chi connectivity index (χ1) is 16.7. The molecule has 1 aliphatic rings. The van der Waals surface area contributed by atoms with Gasteiger partial charge in [0.1, 0.15) is 11.5 Å². The van der Waals surface area contributed by atoms with Crippen molar-refractivity contribution in [3.8, 4) is 5.75 Å². The first kappa shape index (κ1) is 23.2. The number of hydrogen-bond donors (Lipinski definition) is 2. The summed E-state index contributed by atoms with van der Waals surface area (Å²) in [6.45, 7) is 0. The number of non-ortho nitro benzene ring substituents is 1. The Hall–Kier alpha value is -4.99. The maximum absolute atomic E-state index is 13.1. The number of nitro groups is 1. The summed E-state index contributed by atoms with van der Waals surface area (Å²) in [6, 6.07) is 15.7. The van der Waals surface area contributed by atoms with Crippen LogP contribution in [0, 0.1) is 10.1 Å². The molecule has 4 rings (SSSR count). The van der Waals surface area contributed by atoms with Crippen molar-refractivity contribution >= 4 is 34.8 Å². The molecule has 3 aromatic carbocycles. The summed E-state index contributed by atoms with van der Waals surface area (Å²) in [5.41, 5.74) is 0.121. The second-order valence-electron chi connectivity index (χ2n) is 7.60. The number of carbonyl (C=O) groups is 3. The van der Waals surface area contributed by atoms with Gasteiger partial charge < -0.3 is 14.9 Å². The Labute approximate surface area is 198 Å². The predicted molar refractivity (Wildman–Crippen MR) is 124 cm³/mol. The number of carbonyl (C=O) groups excluding carboxylic acids is 2. The third kappa shape index (κ3) is 4.20. The second-order valence-corrected chi connectivity index (χ2v) is 7.60. The lowest BCUT2D eigenvalue weighted by Crippen LogP contribution is -2.29. The fourth-order valence-electron chi connectivity index (χ4n) is 3.89. The number of aromatic carboxylic acids is 1. The van der Waals surface area contributed by atoms with E-state index < -0.39 is 34.4 Å². The number of methoxy groups -OCH3 is 1. The van der Waals surface area contributed by atoms with E-state index >= 15 is 0 Å². The molecule has 35 heavy (non-hydrogen) atoms. The SMILES string of the molecule is COc1ccc(/C(O)=C2\C(=O)C(=O)N(c3cccc(C(=O)O)c3)C2c2ccc([N+](=O)[O-])cc2)cc1. The van der Waals surface area contributed by atoms with E-state index in [1.807, 2.05) is 0 Å². The summed E-state index contributed by atoms with van der Waals surface area (Å²) >= 11 is 0. The van der Waals surface area contributed by atoms with E-state index in [1.165, 1.54) is 67.8 Å². The molecule has 1 heterocycles. The molecule has 1 amide bonds. The van der Waals surface area contributed by atoms with Gasteiger partial charge in [-0.3, -0.25) is 24.6 Å². The minimum absolute atomic E-state index is 0.109. The quantitative estimate of drug-likeness (QED) is 0.180. The van der Waals surface area contributed by atoms with Crippen LogP contribution in [0.25, 0.3) is 5.76 Å². The van der Waals surface area contributed by atoms with E-state index in [0.717, 1.165) is 4.90 Å². The zero-order chi connectivity index (χ0) is 25.3. The fourth-order valence-corrected chi connectivity index (χ4v) is 3.89. The average Bonchev–Trinajstić information content (AvgIpc) is 3.14. The normalized spacial score (nSPS) is 16.8. The topological polar surface area (TPSA) is 147 Å². The van der Waals surface area contributed by atoms with E-state index in [9.17, 15) is 34.7 Å². The Morgan fingerprint density at radius 1 is 0.971 bits per heavy atom. The molecule has 0 saturated carbocycles. The minimum Gasteiger partial charge on any atom is -0.507 e. The molecule has 1 saturated heterocycles. The van der Waals surface area contributed by atoms with Gasteiger partial charge in [-0.1, -0.05) is 6.07 Å². The first-order valence-corrected chi connectivity index (χ1v) is 10.3. The number of anilines is 1. The van der Waals surface area contributed by atoms with Gasteiger partial charge in [-0.05, 0) is 60.2 Å². The van der Waals surface area contributed by atoms with Crippen LogP contribution in [0.15, 0.2) is 78.4 Å². The number of aliphatic hydroxyl groups is 1. The van der Waals surface area contributed by atoms with Crippen LogP contribution in [0.3, 0.4) is 0 Å². The van der Waals surface area contributed by atoms with Crippen molar-refractivity contribution in [2.45, 2.75) is 6.04 Å². The Morgan fingerprint density at radius 3 is 2.20 bits per heavy atom. The molecular weight excluding hydrogens is 456 g/mol. The van der Waals surface area contributed by atoms with Crippen LogP contribution in [0.5, 0.6) is 5.75 Å². The van der Waals surface area contributed by atoms with E-state index in [4.69, 9.17) is 4.74 Å². The molecule has 1 atom stereocenters. The number of Topliss-reactive ketones (excluding diaryl/α,β-unsaturated/α-hetero) is 1. The number of nitrogens with zero attached hydrogens (tertiary/aromatic N) is 2. The number of amides is 1. The number of aliphatic hydroxyl groups excluding tert-OH is 1. The summed E-state index contributed by atoms with van der Waals surface area (Å²) in [7, 11) is 1.47. The number of carboxylic acids is 1. The van der Waals surface area contributed by atoms with Crippen molar-refractivity contribution in [3.63, 3.8) is 0 Å². The molecule has 176 valence electrons. The van der Waals surface area contributed by atoms with Crippen molar-refractivity contribution in [1.29, 1.82) is 0 Å². The smallest absolute Gasteiger partial charge is 0.335 e. The lowest BCUT2D eigenvalue weighted by Gasteiger charge is -2.25. The fraction of sp³-hybridized carbons (Fsp3) is 0.0800. The Kier molecular flexibility index (Phi) is 6.03. The third-order valence-corrected chi connectivity index (χ3v) is 5.60. The molecule has 1 aliphatic heterocycles. The van der Waals surface area contributed by atoms with Crippen molar-refractivity contribution in [2.24, 2.45) is 0 Å². The molecule has 1 fully saturated rings. The predicted octanol–water partition coefficient (Wildman–Crippen LogP) is 3.93. The molecule has 10 nitrogen and oxygen atoms in total. The monoisotopic (exact) mass is 474 g/mol. The van der Waals surface area contributed by atoms with Crippen LogP contribution < -0.4 is 9.64 Å².